The third-order valence-corrected chi connectivity index (χ3v) is 9.58. The monoisotopic (exact) mass is 742 g/mol. The molecule has 3 fully saturated rings. The molecule has 0 radical (unpaired) electrons. The molecule has 0 amide bonds. The van der Waals surface area contributed by atoms with Gasteiger partial charge in [0.2, 0.25) is 5.78 Å². The summed E-state index contributed by atoms with van der Waals surface area (Å²) in [4.78, 5) is 13.8. The summed E-state index contributed by atoms with van der Waals surface area (Å²) < 4.78 is 40.0. The summed E-state index contributed by atoms with van der Waals surface area (Å²) in [5, 5.41) is 115. The normalized spacial score (nSPS) is 42.3. The van der Waals surface area contributed by atoms with Crippen LogP contribution >= 0.6 is 0 Å². The molecule has 2 aromatic rings. The van der Waals surface area contributed by atoms with Crippen molar-refractivity contribution >= 4 is 5.78 Å². The van der Waals surface area contributed by atoms with Gasteiger partial charge in [-0.15, -0.1) is 0 Å². The van der Waals surface area contributed by atoms with Crippen LogP contribution in [0.5, 0.6) is 23.0 Å². The van der Waals surface area contributed by atoms with Crippen LogP contribution in [0.25, 0.3) is 0 Å². The quantitative estimate of drug-likeness (QED) is 0.128. The highest BCUT2D eigenvalue weighted by Crippen LogP contribution is 2.44. The Morgan fingerprint density at radius 2 is 1.23 bits per heavy atom. The Labute approximate surface area is 295 Å². The number of phenols is 3. The standard InChI is InChI=1S/C33H42O19/c1-10-19(37)23(41)25(43)32(48-10)51-29-20(38)11(2)47-31(27(29)45)46-9-17-21(39)24(42)26(44)33(50-17)52-30-22(40)18-15(36)7-14(35)8-16(18)49-28(30)12-3-5-13(34)6-4-12/h3-8,10-11,17,19-21,23-39,41-45H,9H2,1-2H3/t10-,11-,17+,19-,20-,21-,23+,24-,25+,26+,27+,28?,29+,30?,31+,32-,33-/m0/s1. The van der Waals surface area contributed by atoms with Gasteiger partial charge >= 0.3 is 0 Å². The van der Waals surface area contributed by atoms with Gasteiger partial charge in [0.15, 0.2) is 31.1 Å². The number of aromatic hydroxyl groups is 3. The minimum absolute atomic E-state index is 0.105. The largest absolute Gasteiger partial charge is 0.508 e. The summed E-state index contributed by atoms with van der Waals surface area (Å²) >= 11 is 0. The number of aliphatic hydroxyl groups is 8. The molecule has 0 aromatic heterocycles. The number of Topliss-reactive ketones (excluding diaryl/α,β-unsaturated/α-hetero) is 1. The van der Waals surface area contributed by atoms with E-state index in [2.05, 4.69) is 0 Å². The van der Waals surface area contributed by atoms with Crippen LogP contribution in [0.1, 0.15) is 35.9 Å². The summed E-state index contributed by atoms with van der Waals surface area (Å²) in [6.07, 6.45) is -26.9. The maximum atomic E-state index is 13.8. The molecule has 4 aliphatic heterocycles. The number of hydrogen-bond acceptors (Lipinski definition) is 19. The van der Waals surface area contributed by atoms with Crippen LogP contribution in [-0.4, -0.2) is 167 Å². The van der Waals surface area contributed by atoms with E-state index in [1.165, 1.54) is 38.1 Å². The van der Waals surface area contributed by atoms with Gasteiger partial charge in [0.05, 0.1) is 18.8 Å². The van der Waals surface area contributed by atoms with Crippen molar-refractivity contribution in [2.75, 3.05) is 6.61 Å². The van der Waals surface area contributed by atoms with Crippen molar-refractivity contribution in [3.8, 4) is 23.0 Å². The number of fused-ring (bicyclic) bond motifs is 1. The molecular weight excluding hydrogens is 700 g/mol. The number of benzene rings is 2. The summed E-state index contributed by atoms with van der Waals surface area (Å²) in [5.41, 5.74) is -0.0652. The van der Waals surface area contributed by atoms with Crippen molar-refractivity contribution in [1.29, 1.82) is 0 Å². The van der Waals surface area contributed by atoms with Gasteiger partial charge in [-0.1, -0.05) is 12.1 Å². The van der Waals surface area contributed by atoms with Gasteiger partial charge in [-0.3, -0.25) is 4.79 Å². The van der Waals surface area contributed by atoms with Crippen LogP contribution in [0.15, 0.2) is 36.4 Å². The SMILES string of the molecule is C[C@@H]1O[C@@H](O[C@@H]2[C@@H](O)[C@H](C)O[C@@H](OC[C@H]3O[C@@H](OC4C(=O)c5c(O)cc(O)cc5OC4c4ccc(O)cc4)[C@H](O)[C@@H](O)[C@H]3O)[C@@H]2O)[C@H](O)[C@H](O)[C@H]1O. The summed E-state index contributed by atoms with van der Waals surface area (Å²) in [5.74, 6) is -2.19. The molecule has 17 atom stereocenters. The number of phenolic OH excluding ortho intramolecular Hbond substituents is 3. The van der Waals surface area contributed by atoms with Crippen molar-refractivity contribution in [2.24, 2.45) is 0 Å². The smallest absolute Gasteiger partial charge is 0.203 e. The zero-order chi connectivity index (χ0) is 37.8. The molecule has 0 aliphatic carbocycles. The number of rotatable bonds is 8. The minimum Gasteiger partial charge on any atom is -0.508 e. The van der Waals surface area contributed by atoms with Crippen LogP contribution in [0.3, 0.4) is 0 Å². The molecule has 0 saturated carbocycles. The Bertz CT molecular complexity index is 1560. The molecule has 2 unspecified atom stereocenters. The van der Waals surface area contributed by atoms with E-state index >= 15 is 0 Å². The molecule has 11 N–H and O–H groups in total. The molecule has 4 aliphatic rings. The van der Waals surface area contributed by atoms with Crippen molar-refractivity contribution in [3.05, 3.63) is 47.5 Å². The van der Waals surface area contributed by atoms with E-state index in [1.807, 2.05) is 0 Å². The Morgan fingerprint density at radius 1 is 0.635 bits per heavy atom. The van der Waals surface area contributed by atoms with E-state index in [-0.39, 0.29) is 17.1 Å². The highest BCUT2D eigenvalue weighted by Gasteiger charge is 2.52. The lowest BCUT2D eigenvalue weighted by Crippen LogP contribution is -2.64. The minimum atomic E-state index is -1.95. The maximum absolute atomic E-state index is 13.8. The van der Waals surface area contributed by atoms with Crippen LogP contribution in [-0.2, 0) is 28.4 Å². The molecule has 2 aromatic carbocycles. The molecule has 52 heavy (non-hydrogen) atoms. The van der Waals surface area contributed by atoms with Gasteiger partial charge in [0, 0.05) is 12.1 Å². The molecule has 6 rings (SSSR count). The maximum Gasteiger partial charge on any atom is 0.203 e. The van der Waals surface area contributed by atoms with Gasteiger partial charge < -0.3 is 89.3 Å². The van der Waals surface area contributed by atoms with Crippen LogP contribution in [0.2, 0.25) is 0 Å². The van der Waals surface area contributed by atoms with Crippen molar-refractivity contribution in [3.63, 3.8) is 0 Å². The lowest BCUT2D eigenvalue weighted by molar-refractivity contribution is -0.361. The van der Waals surface area contributed by atoms with Gasteiger partial charge in [-0.25, -0.2) is 0 Å². The first kappa shape index (κ1) is 38.5. The van der Waals surface area contributed by atoms with Crippen molar-refractivity contribution < 1.29 is 94.1 Å². The second-order valence-corrected chi connectivity index (χ2v) is 13.2. The predicted molar refractivity (Wildman–Crippen MR) is 167 cm³/mol. The van der Waals surface area contributed by atoms with E-state index in [4.69, 9.17) is 33.2 Å². The molecule has 4 heterocycles. The van der Waals surface area contributed by atoms with Crippen LogP contribution < -0.4 is 4.74 Å². The average molecular weight is 743 g/mol. The second-order valence-electron chi connectivity index (χ2n) is 13.2. The number of ether oxygens (including phenoxy) is 7. The van der Waals surface area contributed by atoms with E-state index in [0.29, 0.717) is 5.56 Å². The summed E-state index contributed by atoms with van der Waals surface area (Å²) in [7, 11) is 0. The van der Waals surface area contributed by atoms with Gasteiger partial charge in [0.1, 0.15) is 89.6 Å². The first-order valence-corrected chi connectivity index (χ1v) is 16.5. The Hall–Kier alpha value is -3.25. The third kappa shape index (κ3) is 7.30. The number of carbonyl (C=O) groups excluding carboxylic acids is 1. The van der Waals surface area contributed by atoms with E-state index in [0.717, 1.165) is 12.1 Å². The fourth-order valence-electron chi connectivity index (χ4n) is 6.52. The predicted octanol–water partition coefficient (Wildman–Crippen LogP) is -2.99. The van der Waals surface area contributed by atoms with E-state index < -0.39 is 128 Å². The first-order valence-electron chi connectivity index (χ1n) is 16.5. The lowest BCUT2D eigenvalue weighted by Gasteiger charge is -2.46. The fourth-order valence-corrected chi connectivity index (χ4v) is 6.52. The molecule has 19 nitrogen and oxygen atoms in total. The Kier molecular flexibility index (Phi) is 11.3. The molecular formula is C33H42O19. The van der Waals surface area contributed by atoms with E-state index in [1.54, 1.807) is 0 Å². The number of aliphatic hydroxyl groups excluding tert-OH is 8. The zero-order valence-electron chi connectivity index (χ0n) is 27.7. The Morgan fingerprint density at radius 3 is 1.90 bits per heavy atom. The number of ketones is 1. The molecule has 288 valence electrons. The molecule has 0 spiro atoms. The van der Waals surface area contributed by atoms with Crippen LogP contribution in [0, 0.1) is 0 Å². The van der Waals surface area contributed by atoms with Crippen LogP contribution in [0.4, 0.5) is 0 Å². The van der Waals surface area contributed by atoms with E-state index in [9.17, 15) is 61.0 Å². The lowest BCUT2D eigenvalue weighted by atomic mass is 9.92. The second kappa shape index (κ2) is 15.2. The summed E-state index contributed by atoms with van der Waals surface area (Å²) in [6.45, 7) is 2.19. The van der Waals surface area contributed by atoms with Gasteiger partial charge in [0.25, 0.3) is 0 Å². The van der Waals surface area contributed by atoms with Gasteiger partial charge in [-0.2, -0.15) is 0 Å². The average Bonchev–Trinajstić information content (AvgIpc) is 3.10. The van der Waals surface area contributed by atoms with Gasteiger partial charge in [-0.05, 0) is 31.5 Å². The highest BCUT2D eigenvalue weighted by atomic mass is 16.7. The Balaban J connectivity index is 1.18. The first-order chi connectivity index (χ1) is 24.6. The highest BCUT2D eigenvalue weighted by molar-refractivity contribution is 6.05. The van der Waals surface area contributed by atoms with Crippen molar-refractivity contribution in [2.45, 2.75) is 118 Å². The topological polar surface area (TPSA) is 304 Å². The fraction of sp³-hybridized carbons (Fsp3) is 0.606. The number of carbonyl (C=O) groups is 1. The molecule has 19 heteroatoms. The van der Waals surface area contributed by atoms with Crippen molar-refractivity contribution in [1.82, 2.24) is 0 Å². The zero-order valence-corrected chi connectivity index (χ0v) is 27.7. The number of hydrogen-bond donors (Lipinski definition) is 11. The summed E-state index contributed by atoms with van der Waals surface area (Å²) in [6, 6.07) is 7.47. The molecule has 0 bridgehead atoms. The molecule has 3 saturated heterocycles. The third-order valence-electron chi connectivity index (χ3n) is 9.58.